The van der Waals surface area contributed by atoms with Crippen molar-refractivity contribution in [2.45, 2.75) is 33.7 Å². The van der Waals surface area contributed by atoms with Gasteiger partial charge in [0.05, 0.1) is 12.2 Å². The Balaban J connectivity index is 1.67. The predicted molar refractivity (Wildman–Crippen MR) is 110 cm³/mol. The normalized spacial score (nSPS) is 11.4. The predicted octanol–water partition coefficient (Wildman–Crippen LogP) is 4.40. The molecule has 3 aromatic rings. The standard InChI is InChI=1S/C22H26N4O/c1-16-9-11-19(12-10-16)15-24-22(25-20-7-5-4-6-8-20)23-14-13-21-17(2)26-27-18(21)3/h4-12H,13-15H2,1-3H3,(H2,23,24,25). The zero-order valence-corrected chi connectivity index (χ0v) is 16.1. The second kappa shape index (κ2) is 9.03. The minimum Gasteiger partial charge on any atom is -0.361 e. The van der Waals surface area contributed by atoms with Crippen LogP contribution in [0.15, 0.2) is 64.1 Å². The molecule has 0 bridgehead atoms. The number of hydrogen-bond acceptors (Lipinski definition) is 3. The van der Waals surface area contributed by atoms with E-state index in [2.05, 4.69) is 47.0 Å². The summed E-state index contributed by atoms with van der Waals surface area (Å²) in [4.78, 5) is 4.74. The van der Waals surface area contributed by atoms with Crippen LogP contribution in [0.1, 0.15) is 28.1 Å². The average Bonchev–Trinajstić information content (AvgIpc) is 3.00. The quantitative estimate of drug-likeness (QED) is 0.504. The van der Waals surface area contributed by atoms with Crippen LogP contribution in [-0.2, 0) is 13.0 Å². The van der Waals surface area contributed by atoms with Crippen LogP contribution in [-0.4, -0.2) is 17.7 Å². The molecule has 27 heavy (non-hydrogen) atoms. The van der Waals surface area contributed by atoms with E-state index in [1.165, 1.54) is 11.1 Å². The van der Waals surface area contributed by atoms with Crippen LogP contribution in [0.2, 0.25) is 0 Å². The van der Waals surface area contributed by atoms with Gasteiger partial charge in [-0.25, -0.2) is 4.99 Å². The van der Waals surface area contributed by atoms with Gasteiger partial charge in [0.25, 0.3) is 0 Å². The molecule has 0 radical (unpaired) electrons. The van der Waals surface area contributed by atoms with E-state index in [4.69, 9.17) is 9.52 Å². The number of benzene rings is 2. The number of nitrogens with one attached hydrogen (secondary N) is 2. The molecule has 140 valence electrons. The molecule has 0 aliphatic carbocycles. The van der Waals surface area contributed by atoms with Gasteiger partial charge >= 0.3 is 0 Å². The minimum atomic E-state index is 0.619. The molecule has 2 N–H and O–H groups in total. The topological polar surface area (TPSA) is 62.5 Å². The number of aliphatic imine (C=N–C) groups is 1. The number of nitrogens with zero attached hydrogens (tertiary/aromatic N) is 2. The Morgan fingerprint density at radius 1 is 1.00 bits per heavy atom. The number of para-hydroxylation sites is 1. The van der Waals surface area contributed by atoms with Gasteiger partial charge in [0, 0.05) is 17.8 Å². The Kier molecular flexibility index (Phi) is 6.26. The monoisotopic (exact) mass is 362 g/mol. The summed E-state index contributed by atoms with van der Waals surface area (Å²) in [6, 6.07) is 18.5. The summed E-state index contributed by atoms with van der Waals surface area (Å²) in [7, 11) is 0. The molecule has 5 nitrogen and oxygen atoms in total. The fourth-order valence-corrected chi connectivity index (χ4v) is 2.83. The third-order valence-corrected chi connectivity index (χ3v) is 4.43. The fraction of sp³-hybridized carbons (Fsp3) is 0.273. The number of anilines is 1. The van der Waals surface area contributed by atoms with E-state index >= 15 is 0 Å². The maximum Gasteiger partial charge on any atom is 0.196 e. The number of hydrogen-bond donors (Lipinski definition) is 2. The molecule has 0 amide bonds. The minimum absolute atomic E-state index is 0.619. The zero-order chi connectivity index (χ0) is 19.1. The molecule has 0 spiro atoms. The highest BCUT2D eigenvalue weighted by molar-refractivity contribution is 5.93. The van der Waals surface area contributed by atoms with Crippen molar-refractivity contribution in [3.63, 3.8) is 0 Å². The molecule has 5 heteroatoms. The van der Waals surface area contributed by atoms with Crippen molar-refractivity contribution < 1.29 is 4.52 Å². The van der Waals surface area contributed by atoms with Crippen LogP contribution in [0, 0.1) is 20.8 Å². The van der Waals surface area contributed by atoms with Gasteiger partial charge in [-0.05, 0) is 44.9 Å². The molecule has 1 heterocycles. The van der Waals surface area contributed by atoms with Crippen LogP contribution in [0.3, 0.4) is 0 Å². The smallest absolute Gasteiger partial charge is 0.196 e. The average molecular weight is 362 g/mol. The lowest BCUT2D eigenvalue weighted by molar-refractivity contribution is 0.392. The highest BCUT2D eigenvalue weighted by Crippen LogP contribution is 2.12. The van der Waals surface area contributed by atoms with Gasteiger partial charge in [-0.1, -0.05) is 53.2 Å². The van der Waals surface area contributed by atoms with Gasteiger partial charge < -0.3 is 15.2 Å². The molecule has 0 fully saturated rings. The first-order chi connectivity index (χ1) is 13.1. The van der Waals surface area contributed by atoms with Crippen LogP contribution < -0.4 is 10.6 Å². The SMILES string of the molecule is Cc1ccc(CN=C(NCCc2c(C)noc2C)Nc2ccccc2)cc1. The summed E-state index contributed by atoms with van der Waals surface area (Å²) in [5, 5.41) is 10.8. The van der Waals surface area contributed by atoms with Crippen molar-refractivity contribution in [3.8, 4) is 0 Å². The Morgan fingerprint density at radius 3 is 2.41 bits per heavy atom. The summed E-state index contributed by atoms with van der Waals surface area (Å²) in [6.07, 6.45) is 0.835. The van der Waals surface area contributed by atoms with Gasteiger partial charge in [-0.2, -0.15) is 0 Å². The first kappa shape index (κ1) is 18.7. The molecule has 0 aliphatic heterocycles. The van der Waals surface area contributed by atoms with E-state index in [-0.39, 0.29) is 0 Å². The maximum atomic E-state index is 5.24. The molecule has 3 rings (SSSR count). The Bertz CT molecular complexity index is 863. The summed E-state index contributed by atoms with van der Waals surface area (Å²) < 4.78 is 5.24. The van der Waals surface area contributed by atoms with Gasteiger partial charge in [0.15, 0.2) is 5.96 Å². The second-order valence-corrected chi connectivity index (χ2v) is 6.62. The van der Waals surface area contributed by atoms with E-state index in [1.807, 2.05) is 44.2 Å². The van der Waals surface area contributed by atoms with Gasteiger partial charge in [0.2, 0.25) is 0 Å². The maximum absolute atomic E-state index is 5.24. The van der Waals surface area contributed by atoms with Crippen molar-refractivity contribution in [1.82, 2.24) is 10.5 Å². The Labute approximate surface area is 160 Å². The summed E-state index contributed by atoms with van der Waals surface area (Å²) in [6.45, 7) is 7.37. The highest BCUT2D eigenvalue weighted by atomic mass is 16.5. The third-order valence-electron chi connectivity index (χ3n) is 4.43. The van der Waals surface area contributed by atoms with Crippen LogP contribution in [0.4, 0.5) is 5.69 Å². The van der Waals surface area contributed by atoms with Crippen molar-refractivity contribution >= 4 is 11.6 Å². The van der Waals surface area contributed by atoms with Crippen LogP contribution >= 0.6 is 0 Å². The van der Waals surface area contributed by atoms with Crippen molar-refractivity contribution in [2.75, 3.05) is 11.9 Å². The van der Waals surface area contributed by atoms with E-state index in [0.29, 0.717) is 6.54 Å². The number of guanidine groups is 1. The van der Waals surface area contributed by atoms with E-state index in [1.54, 1.807) is 0 Å². The summed E-state index contributed by atoms with van der Waals surface area (Å²) >= 11 is 0. The fourth-order valence-electron chi connectivity index (χ4n) is 2.83. The second-order valence-electron chi connectivity index (χ2n) is 6.62. The molecule has 0 atom stereocenters. The molecular formula is C22H26N4O. The molecule has 2 aromatic carbocycles. The van der Waals surface area contributed by atoms with Crippen LogP contribution in [0.25, 0.3) is 0 Å². The van der Waals surface area contributed by atoms with Crippen molar-refractivity contribution in [2.24, 2.45) is 4.99 Å². The first-order valence-electron chi connectivity index (χ1n) is 9.19. The van der Waals surface area contributed by atoms with Gasteiger partial charge in [0.1, 0.15) is 5.76 Å². The molecular weight excluding hydrogens is 336 g/mol. The Hall–Kier alpha value is -3.08. The van der Waals surface area contributed by atoms with Gasteiger partial charge in [-0.3, -0.25) is 0 Å². The van der Waals surface area contributed by atoms with E-state index in [0.717, 1.165) is 41.6 Å². The lowest BCUT2D eigenvalue weighted by Gasteiger charge is -2.13. The molecule has 0 unspecified atom stereocenters. The van der Waals surface area contributed by atoms with Crippen LogP contribution in [0.5, 0.6) is 0 Å². The van der Waals surface area contributed by atoms with Crippen molar-refractivity contribution in [3.05, 3.63) is 82.7 Å². The molecule has 0 aliphatic rings. The zero-order valence-electron chi connectivity index (χ0n) is 16.1. The lowest BCUT2D eigenvalue weighted by Crippen LogP contribution is -2.32. The third kappa shape index (κ3) is 5.45. The summed E-state index contributed by atoms with van der Waals surface area (Å²) in [5.41, 5.74) is 5.54. The highest BCUT2D eigenvalue weighted by Gasteiger charge is 2.09. The lowest BCUT2D eigenvalue weighted by atomic mass is 10.1. The number of rotatable bonds is 6. The summed E-state index contributed by atoms with van der Waals surface area (Å²) in [5.74, 6) is 1.64. The molecule has 0 saturated heterocycles. The largest absolute Gasteiger partial charge is 0.361 e. The first-order valence-corrected chi connectivity index (χ1v) is 9.19. The van der Waals surface area contributed by atoms with Crippen molar-refractivity contribution in [1.29, 1.82) is 0 Å². The molecule has 0 saturated carbocycles. The Morgan fingerprint density at radius 2 is 1.74 bits per heavy atom. The molecule has 1 aromatic heterocycles. The van der Waals surface area contributed by atoms with E-state index < -0.39 is 0 Å². The number of aryl methyl sites for hydroxylation is 3. The number of aromatic nitrogens is 1. The van der Waals surface area contributed by atoms with E-state index in [9.17, 15) is 0 Å². The van der Waals surface area contributed by atoms with Gasteiger partial charge in [-0.15, -0.1) is 0 Å².